The van der Waals surface area contributed by atoms with Crippen LogP contribution >= 0.6 is 0 Å². The van der Waals surface area contributed by atoms with Crippen LogP contribution in [0.5, 0.6) is 0 Å². The maximum absolute atomic E-state index is 5.73. The minimum absolute atomic E-state index is 0.168. The number of rotatable bonds is 4. The summed E-state index contributed by atoms with van der Waals surface area (Å²) in [6.45, 7) is 3.06. The summed E-state index contributed by atoms with van der Waals surface area (Å²) in [4.78, 5) is 4.11. The molecule has 1 aromatic heterocycles. The average Bonchev–Trinajstić information content (AvgIpc) is 2.74. The molecule has 2 rings (SSSR count). The average molecular weight is 221 g/mol. The highest BCUT2D eigenvalue weighted by atomic mass is 16.5. The molecule has 88 valence electrons. The largest absolute Gasteiger partial charge is 0.376 e. The Morgan fingerprint density at radius 2 is 2.56 bits per heavy atom. The normalized spacial score (nSPS) is 26.9. The van der Waals surface area contributed by atoms with E-state index in [-0.39, 0.29) is 12.1 Å². The van der Waals surface area contributed by atoms with Crippen molar-refractivity contribution in [3.05, 3.63) is 30.1 Å². The van der Waals surface area contributed by atoms with E-state index in [1.807, 2.05) is 12.3 Å². The van der Waals surface area contributed by atoms with Crippen molar-refractivity contribution in [1.82, 2.24) is 10.4 Å². The van der Waals surface area contributed by atoms with Crippen molar-refractivity contribution >= 4 is 0 Å². The molecule has 4 nitrogen and oxygen atoms in total. The van der Waals surface area contributed by atoms with E-state index in [4.69, 9.17) is 10.6 Å². The molecule has 0 radical (unpaired) electrons. The van der Waals surface area contributed by atoms with Gasteiger partial charge in [0.1, 0.15) is 0 Å². The van der Waals surface area contributed by atoms with Crippen molar-refractivity contribution in [2.45, 2.75) is 31.9 Å². The fourth-order valence-corrected chi connectivity index (χ4v) is 2.27. The molecular formula is C12H19N3O. The minimum Gasteiger partial charge on any atom is -0.376 e. The molecule has 1 aromatic rings. The molecule has 3 atom stereocenters. The zero-order chi connectivity index (χ0) is 11.4. The van der Waals surface area contributed by atoms with Crippen LogP contribution in [0.1, 0.15) is 18.9 Å². The SMILES string of the molecule is CC1CCOC1C(Cc1cccnc1)NN. The van der Waals surface area contributed by atoms with Crippen LogP contribution in [-0.2, 0) is 11.2 Å². The molecule has 2 heterocycles. The molecule has 1 fully saturated rings. The van der Waals surface area contributed by atoms with Crippen LogP contribution in [0, 0.1) is 5.92 Å². The summed E-state index contributed by atoms with van der Waals surface area (Å²) < 4.78 is 5.73. The van der Waals surface area contributed by atoms with Gasteiger partial charge >= 0.3 is 0 Å². The van der Waals surface area contributed by atoms with Crippen molar-refractivity contribution in [2.24, 2.45) is 11.8 Å². The van der Waals surface area contributed by atoms with E-state index in [0.717, 1.165) is 19.4 Å². The second kappa shape index (κ2) is 5.39. The van der Waals surface area contributed by atoms with Gasteiger partial charge < -0.3 is 4.74 Å². The number of ether oxygens (including phenoxy) is 1. The number of aromatic nitrogens is 1. The monoisotopic (exact) mass is 221 g/mol. The Bertz CT molecular complexity index is 317. The summed E-state index contributed by atoms with van der Waals surface area (Å²) in [6, 6.07) is 4.18. The lowest BCUT2D eigenvalue weighted by Crippen LogP contribution is -2.47. The van der Waals surface area contributed by atoms with Crippen LogP contribution in [0.4, 0.5) is 0 Å². The molecule has 0 amide bonds. The Hall–Kier alpha value is -0.970. The third-order valence-electron chi connectivity index (χ3n) is 3.23. The van der Waals surface area contributed by atoms with Gasteiger partial charge in [0.15, 0.2) is 0 Å². The Kier molecular flexibility index (Phi) is 3.88. The predicted octanol–water partition coefficient (Wildman–Crippen LogP) is 0.881. The third kappa shape index (κ3) is 2.58. The molecule has 3 N–H and O–H groups in total. The maximum atomic E-state index is 5.73. The number of nitrogens with zero attached hydrogens (tertiary/aromatic N) is 1. The summed E-state index contributed by atoms with van der Waals surface area (Å²) in [5.41, 5.74) is 4.06. The van der Waals surface area contributed by atoms with Crippen LogP contribution in [0.3, 0.4) is 0 Å². The number of nitrogens with two attached hydrogens (primary N) is 1. The molecule has 1 aliphatic heterocycles. The molecule has 1 saturated heterocycles. The molecule has 4 heteroatoms. The molecule has 1 aliphatic rings. The van der Waals surface area contributed by atoms with E-state index >= 15 is 0 Å². The lowest BCUT2D eigenvalue weighted by molar-refractivity contribution is 0.0610. The fourth-order valence-electron chi connectivity index (χ4n) is 2.27. The maximum Gasteiger partial charge on any atom is 0.0771 e. The van der Waals surface area contributed by atoms with Crippen LogP contribution in [-0.4, -0.2) is 23.7 Å². The second-order valence-electron chi connectivity index (χ2n) is 4.44. The van der Waals surface area contributed by atoms with Gasteiger partial charge in [0.05, 0.1) is 12.1 Å². The summed E-state index contributed by atoms with van der Waals surface area (Å²) in [7, 11) is 0. The van der Waals surface area contributed by atoms with Crippen molar-refractivity contribution in [2.75, 3.05) is 6.61 Å². The van der Waals surface area contributed by atoms with Crippen LogP contribution in [0.2, 0.25) is 0 Å². The number of hydrogen-bond donors (Lipinski definition) is 2. The van der Waals surface area contributed by atoms with Crippen LogP contribution in [0.25, 0.3) is 0 Å². The first-order valence-electron chi connectivity index (χ1n) is 5.78. The fraction of sp³-hybridized carbons (Fsp3) is 0.583. The number of nitrogens with one attached hydrogen (secondary N) is 1. The Balaban J connectivity index is 2.00. The Morgan fingerprint density at radius 1 is 1.69 bits per heavy atom. The highest BCUT2D eigenvalue weighted by Gasteiger charge is 2.31. The molecule has 16 heavy (non-hydrogen) atoms. The van der Waals surface area contributed by atoms with Gasteiger partial charge in [-0.25, -0.2) is 0 Å². The summed E-state index contributed by atoms with van der Waals surface area (Å²) in [5.74, 6) is 6.18. The minimum atomic E-state index is 0.168. The first-order valence-corrected chi connectivity index (χ1v) is 5.78. The first kappa shape index (κ1) is 11.5. The van der Waals surface area contributed by atoms with Crippen molar-refractivity contribution < 1.29 is 4.74 Å². The van der Waals surface area contributed by atoms with Gasteiger partial charge in [0.2, 0.25) is 0 Å². The van der Waals surface area contributed by atoms with Gasteiger partial charge in [0, 0.05) is 19.0 Å². The van der Waals surface area contributed by atoms with Gasteiger partial charge in [0.25, 0.3) is 0 Å². The summed E-state index contributed by atoms with van der Waals surface area (Å²) in [6.07, 6.45) is 5.85. The van der Waals surface area contributed by atoms with Crippen molar-refractivity contribution in [3.63, 3.8) is 0 Å². The van der Waals surface area contributed by atoms with Gasteiger partial charge in [-0.2, -0.15) is 0 Å². The van der Waals surface area contributed by atoms with E-state index in [0.29, 0.717) is 5.92 Å². The molecular weight excluding hydrogens is 202 g/mol. The molecule has 0 aliphatic carbocycles. The van der Waals surface area contributed by atoms with E-state index in [2.05, 4.69) is 23.4 Å². The topological polar surface area (TPSA) is 60.2 Å². The molecule has 0 saturated carbocycles. The Morgan fingerprint density at radius 3 is 3.12 bits per heavy atom. The van der Waals surface area contributed by atoms with E-state index in [1.54, 1.807) is 6.20 Å². The van der Waals surface area contributed by atoms with E-state index in [1.165, 1.54) is 5.56 Å². The van der Waals surface area contributed by atoms with Crippen molar-refractivity contribution in [1.29, 1.82) is 0 Å². The van der Waals surface area contributed by atoms with E-state index < -0.39 is 0 Å². The standard InChI is InChI=1S/C12H19N3O/c1-9-4-6-16-12(9)11(15-13)7-10-3-2-5-14-8-10/h2-3,5,8-9,11-12,15H,4,6-7,13H2,1H3. The highest BCUT2D eigenvalue weighted by Crippen LogP contribution is 2.24. The van der Waals surface area contributed by atoms with Gasteiger partial charge in [-0.3, -0.25) is 16.3 Å². The molecule has 0 spiro atoms. The highest BCUT2D eigenvalue weighted by molar-refractivity contribution is 5.11. The number of hydrogen-bond acceptors (Lipinski definition) is 4. The molecule has 3 unspecified atom stereocenters. The smallest absolute Gasteiger partial charge is 0.0771 e. The van der Waals surface area contributed by atoms with Gasteiger partial charge in [-0.1, -0.05) is 13.0 Å². The predicted molar refractivity (Wildman–Crippen MR) is 62.6 cm³/mol. The summed E-state index contributed by atoms with van der Waals surface area (Å²) >= 11 is 0. The van der Waals surface area contributed by atoms with Crippen LogP contribution in [0.15, 0.2) is 24.5 Å². The zero-order valence-electron chi connectivity index (χ0n) is 9.60. The first-order chi connectivity index (χ1) is 7.81. The molecule has 0 aromatic carbocycles. The number of pyridine rings is 1. The van der Waals surface area contributed by atoms with E-state index in [9.17, 15) is 0 Å². The number of hydrazine groups is 1. The second-order valence-corrected chi connectivity index (χ2v) is 4.44. The zero-order valence-corrected chi connectivity index (χ0v) is 9.60. The summed E-state index contributed by atoms with van der Waals surface area (Å²) in [5, 5.41) is 0. The Labute approximate surface area is 96.2 Å². The van der Waals surface area contributed by atoms with Crippen molar-refractivity contribution in [3.8, 4) is 0 Å². The van der Waals surface area contributed by atoms with Gasteiger partial charge in [-0.05, 0) is 30.4 Å². The quantitative estimate of drug-likeness (QED) is 0.585. The third-order valence-corrected chi connectivity index (χ3v) is 3.23. The van der Waals surface area contributed by atoms with Gasteiger partial charge in [-0.15, -0.1) is 0 Å². The lowest BCUT2D eigenvalue weighted by Gasteiger charge is -2.25. The lowest BCUT2D eigenvalue weighted by atomic mass is 9.94. The molecule has 0 bridgehead atoms. The van der Waals surface area contributed by atoms with Crippen LogP contribution < -0.4 is 11.3 Å².